The van der Waals surface area contributed by atoms with E-state index in [-0.39, 0.29) is 5.78 Å². The van der Waals surface area contributed by atoms with E-state index in [1.165, 1.54) is 32.1 Å². The molecule has 2 aromatic carbocycles. The average Bonchev–Trinajstić information content (AvgIpc) is 2.67. The van der Waals surface area contributed by atoms with Crippen LogP contribution in [0.15, 0.2) is 48.5 Å². The summed E-state index contributed by atoms with van der Waals surface area (Å²) in [4.78, 5) is 12.6. The van der Waals surface area contributed by atoms with E-state index < -0.39 is 0 Å². The Morgan fingerprint density at radius 2 is 1.64 bits per heavy atom. The van der Waals surface area contributed by atoms with Crippen LogP contribution >= 0.6 is 0 Å². The zero-order chi connectivity index (χ0) is 17.9. The van der Waals surface area contributed by atoms with Gasteiger partial charge in [-0.2, -0.15) is 0 Å². The van der Waals surface area contributed by atoms with Gasteiger partial charge in [0.2, 0.25) is 0 Å². The predicted molar refractivity (Wildman–Crippen MR) is 102 cm³/mol. The van der Waals surface area contributed by atoms with E-state index in [0.29, 0.717) is 23.5 Å². The van der Waals surface area contributed by atoms with Crippen molar-refractivity contribution in [3.05, 3.63) is 59.7 Å². The van der Waals surface area contributed by atoms with Crippen molar-refractivity contribution in [3.8, 4) is 11.5 Å². The summed E-state index contributed by atoms with van der Waals surface area (Å²) in [6, 6.07) is 14.7. The number of methoxy groups -OCH3 is 1. The van der Waals surface area contributed by atoms with E-state index in [2.05, 4.69) is 6.92 Å². The van der Waals surface area contributed by atoms with Gasteiger partial charge in [0, 0.05) is 11.6 Å². The molecule has 0 heterocycles. The van der Waals surface area contributed by atoms with Gasteiger partial charge in [0.05, 0.1) is 19.3 Å². The van der Waals surface area contributed by atoms with Gasteiger partial charge in [-0.25, -0.2) is 0 Å². The summed E-state index contributed by atoms with van der Waals surface area (Å²) in [6.07, 6.45) is 7.41. The van der Waals surface area contributed by atoms with E-state index in [1.807, 2.05) is 36.4 Å². The first-order valence-electron chi connectivity index (χ1n) is 9.17. The zero-order valence-corrected chi connectivity index (χ0v) is 15.3. The summed E-state index contributed by atoms with van der Waals surface area (Å²) in [5.74, 6) is 1.25. The number of ether oxygens (including phenoxy) is 2. The highest BCUT2D eigenvalue weighted by Crippen LogP contribution is 2.27. The minimum absolute atomic E-state index is 0.0417. The highest BCUT2D eigenvalue weighted by molar-refractivity contribution is 6.10. The fourth-order valence-corrected chi connectivity index (χ4v) is 2.77. The van der Waals surface area contributed by atoms with Crippen molar-refractivity contribution in [2.24, 2.45) is 0 Å². The number of carbonyl (C=O) groups is 1. The number of benzene rings is 2. The zero-order valence-electron chi connectivity index (χ0n) is 15.3. The van der Waals surface area contributed by atoms with Crippen molar-refractivity contribution in [2.45, 2.75) is 45.4 Å². The number of ketones is 1. The van der Waals surface area contributed by atoms with Crippen molar-refractivity contribution in [3.63, 3.8) is 0 Å². The lowest BCUT2D eigenvalue weighted by atomic mass is 10.0. The number of carbonyl (C=O) groups excluding carboxylic acids is 1. The third-order valence-electron chi connectivity index (χ3n) is 4.22. The van der Waals surface area contributed by atoms with Gasteiger partial charge in [0.15, 0.2) is 5.78 Å². The molecule has 2 rings (SSSR count). The van der Waals surface area contributed by atoms with Crippen molar-refractivity contribution < 1.29 is 14.3 Å². The molecule has 0 saturated carbocycles. The molecule has 0 fully saturated rings. The van der Waals surface area contributed by atoms with Gasteiger partial charge < -0.3 is 9.47 Å². The molecule has 0 radical (unpaired) electrons. The molecule has 0 saturated heterocycles. The van der Waals surface area contributed by atoms with Crippen LogP contribution < -0.4 is 9.47 Å². The SMILES string of the molecule is CCCCCCCCOc1ccc(C(=O)c2ccccc2)c(OC)c1. The molecule has 3 nitrogen and oxygen atoms in total. The predicted octanol–water partition coefficient (Wildman–Crippen LogP) is 5.67. The second-order valence-corrected chi connectivity index (χ2v) is 6.17. The first-order valence-corrected chi connectivity index (χ1v) is 9.17. The maximum absolute atomic E-state index is 12.6. The first kappa shape index (κ1) is 19.0. The highest BCUT2D eigenvalue weighted by atomic mass is 16.5. The molecule has 3 heteroatoms. The van der Waals surface area contributed by atoms with Gasteiger partial charge >= 0.3 is 0 Å². The van der Waals surface area contributed by atoms with Crippen LogP contribution in [-0.4, -0.2) is 19.5 Å². The van der Waals surface area contributed by atoms with Crippen LogP contribution in [0.25, 0.3) is 0 Å². The number of hydrogen-bond donors (Lipinski definition) is 0. The Morgan fingerprint density at radius 3 is 2.36 bits per heavy atom. The standard InChI is InChI=1S/C22H28O3/c1-3-4-5-6-7-11-16-25-19-14-15-20(21(17-19)24-2)22(23)18-12-9-8-10-13-18/h8-10,12-15,17H,3-7,11,16H2,1-2H3. The molecule has 134 valence electrons. The van der Waals surface area contributed by atoms with Crippen LogP contribution in [0.3, 0.4) is 0 Å². The fourth-order valence-electron chi connectivity index (χ4n) is 2.77. The second kappa shape index (κ2) is 10.5. The van der Waals surface area contributed by atoms with Gasteiger partial charge in [-0.1, -0.05) is 69.4 Å². The maximum Gasteiger partial charge on any atom is 0.196 e. The van der Waals surface area contributed by atoms with E-state index in [9.17, 15) is 4.79 Å². The molecule has 0 N–H and O–H groups in total. The highest BCUT2D eigenvalue weighted by Gasteiger charge is 2.15. The molecule has 0 aliphatic heterocycles. The van der Waals surface area contributed by atoms with Gasteiger partial charge in [-0.05, 0) is 18.6 Å². The Balaban J connectivity index is 1.92. The molecule has 0 bridgehead atoms. The van der Waals surface area contributed by atoms with Crippen molar-refractivity contribution in [2.75, 3.05) is 13.7 Å². The average molecular weight is 340 g/mol. The molecule has 0 aliphatic carbocycles. The molecular formula is C22H28O3. The molecule has 0 unspecified atom stereocenters. The van der Waals surface area contributed by atoms with Gasteiger partial charge in [0.1, 0.15) is 11.5 Å². The normalized spacial score (nSPS) is 10.5. The largest absolute Gasteiger partial charge is 0.496 e. The lowest BCUT2D eigenvalue weighted by molar-refractivity contribution is 0.103. The summed E-state index contributed by atoms with van der Waals surface area (Å²) < 4.78 is 11.2. The minimum Gasteiger partial charge on any atom is -0.496 e. The van der Waals surface area contributed by atoms with Crippen LogP contribution in [0, 0.1) is 0 Å². The number of rotatable bonds is 11. The smallest absolute Gasteiger partial charge is 0.196 e. The monoisotopic (exact) mass is 340 g/mol. The molecule has 0 atom stereocenters. The second-order valence-electron chi connectivity index (χ2n) is 6.17. The van der Waals surface area contributed by atoms with Crippen LogP contribution in [-0.2, 0) is 0 Å². The lowest BCUT2D eigenvalue weighted by Gasteiger charge is -2.11. The fraction of sp³-hybridized carbons (Fsp3) is 0.409. The summed E-state index contributed by atoms with van der Waals surface area (Å²) in [6.45, 7) is 2.92. The third kappa shape index (κ3) is 5.93. The van der Waals surface area contributed by atoms with Gasteiger partial charge in [-0.3, -0.25) is 4.79 Å². The van der Waals surface area contributed by atoms with Crippen molar-refractivity contribution >= 4 is 5.78 Å². The van der Waals surface area contributed by atoms with Gasteiger partial charge in [0.25, 0.3) is 0 Å². The maximum atomic E-state index is 12.6. The summed E-state index contributed by atoms with van der Waals surface area (Å²) in [7, 11) is 1.58. The molecule has 0 amide bonds. The van der Waals surface area contributed by atoms with Gasteiger partial charge in [-0.15, -0.1) is 0 Å². The van der Waals surface area contributed by atoms with Crippen LogP contribution in [0.2, 0.25) is 0 Å². The van der Waals surface area contributed by atoms with E-state index in [4.69, 9.17) is 9.47 Å². The van der Waals surface area contributed by atoms with E-state index in [0.717, 1.165) is 12.2 Å². The first-order chi connectivity index (χ1) is 12.3. The van der Waals surface area contributed by atoms with Crippen LogP contribution in [0.4, 0.5) is 0 Å². The molecule has 0 spiro atoms. The topological polar surface area (TPSA) is 35.5 Å². The van der Waals surface area contributed by atoms with Crippen LogP contribution in [0.1, 0.15) is 61.4 Å². The van der Waals surface area contributed by atoms with E-state index in [1.54, 1.807) is 19.2 Å². The summed E-state index contributed by atoms with van der Waals surface area (Å²) >= 11 is 0. The van der Waals surface area contributed by atoms with E-state index >= 15 is 0 Å². The molecule has 0 aromatic heterocycles. The number of hydrogen-bond acceptors (Lipinski definition) is 3. The lowest BCUT2D eigenvalue weighted by Crippen LogP contribution is -2.05. The third-order valence-corrected chi connectivity index (χ3v) is 4.22. The molecule has 0 aliphatic rings. The molecule has 25 heavy (non-hydrogen) atoms. The van der Waals surface area contributed by atoms with Crippen molar-refractivity contribution in [1.82, 2.24) is 0 Å². The minimum atomic E-state index is -0.0417. The summed E-state index contributed by atoms with van der Waals surface area (Å²) in [5.41, 5.74) is 1.21. The summed E-state index contributed by atoms with van der Waals surface area (Å²) in [5, 5.41) is 0. The van der Waals surface area contributed by atoms with Crippen LogP contribution in [0.5, 0.6) is 11.5 Å². The Kier molecular flexibility index (Phi) is 8.03. The number of unbranched alkanes of at least 4 members (excludes halogenated alkanes) is 5. The Labute approximate surface area is 151 Å². The molecule has 2 aromatic rings. The van der Waals surface area contributed by atoms with Crippen molar-refractivity contribution in [1.29, 1.82) is 0 Å². The molecular weight excluding hydrogens is 312 g/mol. The Bertz CT molecular complexity index is 650. The Hall–Kier alpha value is -2.29. The quantitative estimate of drug-likeness (QED) is 0.391. The Morgan fingerprint density at radius 1 is 0.920 bits per heavy atom.